The van der Waals surface area contributed by atoms with Crippen LogP contribution < -0.4 is 0 Å². The molecular weight excluding hydrogens is 372 g/mol. The third-order valence-corrected chi connectivity index (χ3v) is 5.61. The highest BCUT2D eigenvalue weighted by atomic mass is 79.9. The van der Waals surface area contributed by atoms with Gasteiger partial charge in [0, 0.05) is 20.5 Å². The normalized spacial score (nSPS) is 13.1. The van der Waals surface area contributed by atoms with Crippen LogP contribution in [0.3, 0.4) is 0 Å². The van der Waals surface area contributed by atoms with Crippen molar-refractivity contribution >= 4 is 37.5 Å². The minimum absolute atomic E-state index is 0.303. The van der Waals surface area contributed by atoms with E-state index >= 15 is 0 Å². The van der Waals surface area contributed by atoms with Gasteiger partial charge in [-0.1, -0.05) is 33.8 Å². The zero-order valence-corrected chi connectivity index (χ0v) is 14.8. The minimum Gasteiger partial charge on any atom is -0.389 e. The molecule has 0 heterocycles. The fraction of sp³-hybridized carbons (Fsp3) is 0.200. The van der Waals surface area contributed by atoms with Crippen LogP contribution in [0, 0.1) is 0 Å². The molecule has 0 bridgehead atoms. The Kier molecular flexibility index (Phi) is 5.14. The molecule has 0 saturated heterocycles. The van der Waals surface area contributed by atoms with Crippen LogP contribution in [0.5, 0.6) is 0 Å². The van der Waals surface area contributed by atoms with Crippen molar-refractivity contribution in [1.29, 1.82) is 0 Å². The number of benzene rings is 2. The lowest BCUT2D eigenvalue weighted by Gasteiger charge is -2.12. The second kappa shape index (κ2) is 6.52. The van der Waals surface area contributed by atoms with E-state index in [0.29, 0.717) is 4.90 Å². The smallest absolute Gasteiger partial charge is 0.175 e. The Labute approximate surface area is 137 Å². The van der Waals surface area contributed by atoms with Crippen LogP contribution in [0.25, 0.3) is 0 Å². The van der Waals surface area contributed by atoms with Gasteiger partial charge in [-0.25, -0.2) is 8.42 Å². The second-order valence-electron chi connectivity index (χ2n) is 4.70. The Morgan fingerprint density at radius 1 is 1.14 bits per heavy atom. The predicted octanol–water partition coefficient (Wildman–Crippen LogP) is 4.06. The van der Waals surface area contributed by atoms with Gasteiger partial charge in [0.15, 0.2) is 9.84 Å². The molecule has 2 aromatic carbocycles. The number of aliphatic hydroxyl groups is 1. The zero-order chi connectivity index (χ0) is 15.6. The Hall–Kier alpha value is -0.820. The highest BCUT2D eigenvalue weighted by molar-refractivity contribution is 9.10. The van der Waals surface area contributed by atoms with Crippen molar-refractivity contribution in [1.82, 2.24) is 0 Å². The quantitative estimate of drug-likeness (QED) is 0.860. The van der Waals surface area contributed by atoms with Crippen molar-refractivity contribution in [3.63, 3.8) is 0 Å². The molecular formula is C15H15BrO3S2. The topological polar surface area (TPSA) is 54.4 Å². The van der Waals surface area contributed by atoms with E-state index in [1.807, 2.05) is 18.2 Å². The number of rotatable bonds is 4. The van der Waals surface area contributed by atoms with Gasteiger partial charge in [-0.2, -0.15) is 0 Å². The van der Waals surface area contributed by atoms with E-state index in [1.165, 1.54) is 18.0 Å². The Morgan fingerprint density at radius 3 is 2.29 bits per heavy atom. The largest absolute Gasteiger partial charge is 0.389 e. The van der Waals surface area contributed by atoms with E-state index in [2.05, 4.69) is 15.9 Å². The molecule has 3 nitrogen and oxygen atoms in total. The molecule has 112 valence electrons. The van der Waals surface area contributed by atoms with Crippen LogP contribution in [0.2, 0.25) is 0 Å². The van der Waals surface area contributed by atoms with Crippen molar-refractivity contribution in [2.45, 2.75) is 27.7 Å². The van der Waals surface area contributed by atoms with Crippen molar-refractivity contribution in [2.24, 2.45) is 0 Å². The van der Waals surface area contributed by atoms with Gasteiger partial charge < -0.3 is 5.11 Å². The molecule has 1 atom stereocenters. The number of hydrogen-bond donors (Lipinski definition) is 1. The van der Waals surface area contributed by atoms with Gasteiger partial charge in [0.1, 0.15) is 0 Å². The van der Waals surface area contributed by atoms with Gasteiger partial charge in [0.05, 0.1) is 11.0 Å². The van der Waals surface area contributed by atoms with Crippen LogP contribution in [-0.2, 0) is 9.84 Å². The molecule has 21 heavy (non-hydrogen) atoms. The molecule has 2 aromatic rings. The number of aliphatic hydroxyl groups excluding tert-OH is 1. The summed E-state index contributed by atoms with van der Waals surface area (Å²) in [5, 5.41) is 9.82. The van der Waals surface area contributed by atoms with Crippen LogP contribution >= 0.6 is 27.7 Å². The summed E-state index contributed by atoms with van der Waals surface area (Å²) in [7, 11) is -3.18. The highest BCUT2D eigenvalue weighted by Gasteiger charge is 2.11. The first-order valence-corrected chi connectivity index (χ1v) is 9.73. The monoisotopic (exact) mass is 386 g/mol. The minimum atomic E-state index is -3.18. The predicted molar refractivity (Wildman–Crippen MR) is 88.5 cm³/mol. The lowest BCUT2D eigenvalue weighted by molar-refractivity contribution is 0.196. The molecule has 0 aliphatic carbocycles. The Bertz CT molecular complexity index is 738. The molecule has 0 fully saturated rings. The van der Waals surface area contributed by atoms with Crippen LogP contribution in [0.15, 0.2) is 61.6 Å². The summed E-state index contributed by atoms with van der Waals surface area (Å²) < 4.78 is 23.8. The SMILES string of the molecule is CC(O)c1ccc(Br)cc1Sc1ccc(S(C)(=O)=O)cc1. The van der Waals surface area contributed by atoms with E-state index in [1.54, 1.807) is 31.2 Å². The van der Waals surface area contributed by atoms with Gasteiger partial charge in [-0.15, -0.1) is 0 Å². The molecule has 0 aliphatic heterocycles. The van der Waals surface area contributed by atoms with E-state index in [0.717, 1.165) is 19.8 Å². The summed E-state index contributed by atoms with van der Waals surface area (Å²) in [6, 6.07) is 12.4. The van der Waals surface area contributed by atoms with Crippen LogP contribution in [0.1, 0.15) is 18.6 Å². The van der Waals surface area contributed by atoms with E-state index < -0.39 is 15.9 Å². The van der Waals surface area contributed by atoms with Crippen molar-refractivity contribution < 1.29 is 13.5 Å². The summed E-state index contributed by atoms with van der Waals surface area (Å²) in [5.41, 5.74) is 0.843. The summed E-state index contributed by atoms with van der Waals surface area (Å²) in [6.07, 6.45) is 0.630. The van der Waals surface area contributed by atoms with Crippen molar-refractivity contribution in [3.8, 4) is 0 Å². The number of halogens is 1. The van der Waals surface area contributed by atoms with Gasteiger partial charge >= 0.3 is 0 Å². The molecule has 6 heteroatoms. The van der Waals surface area contributed by atoms with Gasteiger partial charge in [0.25, 0.3) is 0 Å². The maximum atomic E-state index is 11.4. The van der Waals surface area contributed by atoms with Gasteiger partial charge in [-0.05, 0) is 48.9 Å². The number of sulfone groups is 1. The molecule has 0 aromatic heterocycles. The fourth-order valence-corrected chi connectivity index (χ4v) is 4.04. The third kappa shape index (κ3) is 4.32. The van der Waals surface area contributed by atoms with Crippen molar-refractivity contribution in [3.05, 3.63) is 52.5 Å². The first-order valence-electron chi connectivity index (χ1n) is 6.23. The summed E-state index contributed by atoms with van der Waals surface area (Å²) in [4.78, 5) is 2.16. The van der Waals surface area contributed by atoms with Crippen LogP contribution in [0.4, 0.5) is 0 Å². The first-order chi connectivity index (χ1) is 9.77. The van der Waals surface area contributed by atoms with Crippen molar-refractivity contribution in [2.75, 3.05) is 6.26 Å². The zero-order valence-electron chi connectivity index (χ0n) is 11.6. The first kappa shape index (κ1) is 16.5. The molecule has 2 rings (SSSR count). The van der Waals surface area contributed by atoms with Gasteiger partial charge in [-0.3, -0.25) is 0 Å². The fourth-order valence-electron chi connectivity index (χ4n) is 1.82. The van der Waals surface area contributed by atoms with E-state index in [-0.39, 0.29) is 0 Å². The molecule has 1 unspecified atom stereocenters. The maximum absolute atomic E-state index is 11.4. The summed E-state index contributed by atoms with van der Waals surface area (Å²) >= 11 is 4.91. The molecule has 0 spiro atoms. The Balaban J connectivity index is 2.32. The average Bonchev–Trinajstić information content (AvgIpc) is 2.38. The van der Waals surface area contributed by atoms with E-state index in [4.69, 9.17) is 0 Å². The third-order valence-electron chi connectivity index (χ3n) is 2.91. The number of hydrogen-bond acceptors (Lipinski definition) is 4. The molecule has 0 radical (unpaired) electrons. The Morgan fingerprint density at radius 2 is 1.76 bits per heavy atom. The lowest BCUT2D eigenvalue weighted by atomic mass is 10.1. The highest BCUT2D eigenvalue weighted by Crippen LogP contribution is 2.35. The lowest BCUT2D eigenvalue weighted by Crippen LogP contribution is -1.96. The second-order valence-corrected chi connectivity index (χ2v) is 8.75. The summed E-state index contributed by atoms with van der Waals surface area (Å²) in [6.45, 7) is 1.72. The average molecular weight is 387 g/mol. The molecule has 0 amide bonds. The maximum Gasteiger partial charge on any atom is 0.175 e. The molecule has 0 saturated carbocycles. The summed E-state index contributed by atoms with van der Waals surface area (Å²) in [5.74, 6) is 0. The molecule has 0 aliphatic rings. The van der Waals surface area contributed by atoms with Gasteiger partial charge in [0.2, 0.25) is 0 Å². The van der Waals surface area contributed by atoms with E-state index in [9.17, 15) is 13.5 Å². The van der Waals surface area contributed by atoms with Crippen LogP contribution in [-0.4, -0.2) is 19.8 Å². The standard InChI is InChI=1S/C15H15BrO3S2/c1-10(17)14-8-3-11(16)9-15(14)20-12-4-6-13(7-5-12)21(2,18)19/h3-10,17H,1-2H3. The molecule has 1 N–H and O–H groups in total.